The van der Waals surface area contributed by atoms with E-state index in [0.29, 0.717) is 5.75 Å². The van der Waals surface area contributed by atoms with E-state index in [2.05, 4.69) is 13.8 Å². The number of aromatic hydroxyl groups is 1. The van der Waals surface area contributed by atoms with Crippen molar-refractivity contribution in [3.63, 3.8) is 0 Å². The third-order valence-corrected chi connectivity index (χ3v) is 3.87. The molecule has 2 rings (SSSR count). The Morgan fingerprint density at radius 2 is 1.93 bits per heavy atom. The van der Waals surface area contributed by atoms with Gasteiger partial charge in [-0.15, -0.1) is 0 Å². The van der Waals surface area contributed by atoms with Crippen molar-refractivity contribution in [2.75, 3.05) is 0 Å². The SMILES string of the molecule is Cc1ccc(O)c(C2(C(C)N)CC2)c1C. The number of hydrogen-bond donors (Lipinski definition) is 2. The van der Waals surface area contributed by atoms with Crippen LogP contribution < -0.4 is 5.73 Å². The summed E-state index contributed by atoms with van der Waals surface area (Å²) in [4.78, 5) is 0. The number of phenolic OH excluding ortho intramolecular Hbond substituents is 1. The number of aryl methyl sites for hydroxylation is 1. The van der Waals surface area contributed by atoms with E-state index in [1.807, 2.05) is 13.0 Å². The number of benzene rings is 1. The average molecular weight is 205 g/mol. The highest BCUT2D eigenvalue weighted by Gasteiger charge is 2.49. The number of phenols is 1. The fraction of sp³-hybridized carbons (Fsp3) is 0.538. The summed E-state index contributed by atoms with van der Waals surface area (Å²) in [7, 11) is 0. The first-order valence-corrected chi connectivity index (χ1v) is 5.54. The molecule has 3 N–H and O–H groups in total. The minimum absolute atomic E-state index is 0.0419. The fourth-order valence-corrected chi connectivity index (χ4v) is 2.50. The molecule has 0 aromatic heterocycles. The maximum atomic E-state index is 9.98. The van der Waals surface area contributed by atoms with E-state index in [4.69, 9.17) is 5.73 Å². The zero-order valence-corrected chi connectivity index (χ0v) is 9.67. The van der Waals surface area contributed by atoms with Crippen LogP contribution in [0.2, 0.25) is 0 Å². The molecule has 1 aromatic carbocycles. The first kappa shape index (κ1) is 10.5. The Morgan fingerprint density at radius 3 is 2.40 bits per heavy atom. The summed E-state index contributed by atoms with van der Waals surface area (Å²) in [6, 6.07) is 3.87. The van der Waals surface area contributed by atoms with E-state index in [1.165, 1.54) is 11.1 Å². The van der Waals surface area contributed by atoms with Gasteiger partial charge >= 0.3 is 0 Å². The van der Waals surface area contributed by atoms with E-state index in [-0.39, 0.29) is 11.5 Å². The zero-order chi connectivity index (χ0) is 11.2. The molecule has 1 saturated carbocycles. The predicted octanol–water partition coefficient (Wildman–Crippen LogP) is 2.39. The molecule has 0 saturated heterocycles. The Bertz CT molecular complexity index is 392. The molecule has 1 aliphatic carbocycles. The van der Waals surface area contributed by atoms with Crippen molar-refractivity contribution in [3.05, 3.63) is 28.8 Å². The Morgan fingerprint density at radius 1 is 1.33 bits per heavy atom. The lowest BCUT2D eigenvalue weighted by atomic mass is 9.84. The quantitative estimate of drug-likeness (QED) is 0.778. The summed E-state index contributed by atoms with van der Waals surface area (Å²) >= 11 is 0. The van der Waals surface area contributed by atoms with Crippen molar-refractivity contribution in [2.45, 2.75) is 45.1 Å². The van der Waals surface area contributed by atoms with Crippen LogP contribution >= 0.6 is 0 Å². The Balaban J connectivity index is 2.57. The number of hydrogen-bond acceptors (Lipinski definition) is 2. The molecule has 1 atom stereocenters. The van der Waals surface area contributed by atoms with Gasteiger partial charge in [-0.05, 0) is 50.8 Å². The molecular weight excluding hydrogens is 186 g/mol. The molecule has 0 aliphatic heterocycles. The standard InChI is InChI=1S/C13H19NO/c1-8-4-5-11(15)12(9(8)2)13(6-7-13)10(3)14/h4-5,10,15H,6-7,14H2,1-3H3. The van der Waals surface area contributed by atoms with E-state index >= 15 is 0 Å². The summed E-state index contributed by atoms with van der Waals surface area (Å²) < 4.78 is 0. The highest BCUT2D eigenvalue weighted by Crippen LogP contribution is 2.54. The van der Waals surface area contributed by atoms with Crippen LogP contribution in [0.1, 0.15) is 36.5 Å². The van der Waals surface area contributed by atoms with Crippen LogP contribution in [0.15, 0.2) is 12.1 Å². The van der Waals surface area contributed by atoms with Crippen molar-refractivity contribution < 1.29 is 5.11 Å². The lowest BCUT2D eigenvalue weighted by Gasteiger charge is -2.24. The molecule has 1 fully saturated rings. The van der Waals surface area contributed by atoms with E-state index in [0.717, 1.165) is 18.4 Å². The first-order chi connectivity index (χ1) is 6.99. The second-order valence-electron chi connectivity index (χ2n) is 4.85. The van der Waals surface area contributed by atoms with Crippen LogP contribution in [0, 0.1) is 13.8 Å². The van der Waals surface area contributed by atoms with Crippen LogP contribution in [0.5, 0.6) is 5.75 Å². The van der Waals surface area contributed by atoms with E-state index in [1.54, 1.807) is 6.07 Å². The molecule has 0 bridgehead atoms. The molecule has 2 heteroatoms. The predicted molar refractivity (Wildman–Crippen MR) is 62.1 cm³/mol. The van der Waals surface area contributed by atoms with Crippen LogP contribution in [-0.4, -0.2) is 11.1 Å². The highest BCUT2D eigenvalue weighted by molar-refractivity contribution is 5.51. The minimum Gasteiger partial charge on any atom is -0.508 e. The van der Waals surface area contributed by atoms with Gasteiger partial charge in [0.05, 0.1) is 0 Å². The van der Waals surface area contributed by atoms with E-state index < -0.39 is 0 Å². The van der Waals surface area contributed by atoms with Crippen LogP contribution in [-0.2, 0) is 5.41 Å². The van der Waals surface area contributed by atoms with Gasteiger partial charge < -0.3 is 10.8 Å². The largest absolute Gasteiger partial charge is 0.508 e. The van der Waals surface area contributed by atoms with Crippen LogP contribution in [0.25, 0.3) is 0 Å². The fourth-order valence-electron chi connectivity index (χ4n) is 2.50. The minimum atomic E-state index is 0.0419. The topological polar surface area (TPSA) is 46.2 Å². The molecule has 15 heavy (non-hydrogen) atoms. The zero-order valence-electron chi connectivity index (χ0n) is 9.67. The monoisotopic (exact) mass is 205 g/mol. The molecule has 0 radical (unpaired) electrons. The third-order valence-electron chi connectivity index (χ3n) is 3.87. The summed E-state index contributed by atoms with van der Waals surface area (Å²) in [5.41, 5.74) is 9.59. The molecule has 1 unspecified atom stereocenters. The molecule has 0 amide bonds. The maximum absolute atomic E-state index is 9.98. The van der Waals surface area contributed by atoms with Gasteiger partial charge in [0.15, 0.2) is 0 Å². The lowest BCUT2D eigenvalue weighted by Crippen LogP contribution is -2.32. The molecule has 0 heterocycles. The summed E-state index contributed by atoms with van der Waals surface area (Å²) in [5.74, 6) is 0.410. The van der Waals surface area contributed by atoms with Crippen molar-refractivity contribution >= 4 is 0 Å². The van der Waals surface area contributed by atoms with E-state index in [9.17, 15) is 5.11 Å². The summed E-state index contributed by atoms with van der Waals surface area (Å²) in [6.45, 7) is 6.19. The Kier molecular flexibility index (Phi) is 2.27. The van der Waals surface area contributed by atoms with Gasteiger partial charge in [-0.2, -0.15) is 0 Å². The average Bonchev–Trinajstić information content (AvgIpc) is 2.93. The first-order valence-electron chi connectivity index (χ1n) is 5.54. The highest BCUT2D eigenvalue weighted by atomic mass is 16.3. The van der Waals surface area contributed by atoms with Gasteiger partial charge in [-0.3, -0.25) is 0 Å². The van der Waals surface area contributed by atoms with Gasteiger partial charge in [0, 0.05) is 17.0 Å². The van der Waals surface area contributed by atoms with Gasteiger partial charge in [0.25, 0.3) is 0 Å². The maximum Gasteiger partial charge on any atom is 0.119 e. The molecule has 0 spiro atoms. The van der Waals surface area contributed by atoms with Crippen LogP contribution in [0.3, 0.4) is 0 Å². The third kappa shape index (κ3) is 1.44. The van der Waals surface area contributed by atoms with Gasteiger partial charge in [-0.25, -0.2) is 0 Å². The van der Waals surface area contributed by atoms with Gasteiger partial charge in [0.2, 0.25) is 0 Å². The molecule has 82 valence electrons. The van der Waals surface area contributed by atoms with Crippen molar-refractivity contribution in [1.82, 2.24) is 0 Å². The lowest BCUT2D eigenvalue weighted by molar-refractivity contribution is 0.445. The summed E-state index contributed by atoms with van der Waals surface area (Å²) in [5, 5.41) is 9.98. The molecular formula is C13H19NO. The second kappa shape index (κ2) is 3.24. The van der Waals surface area contributed by atoms with Crippen molar-refractivity contribution in [2.24, 2.45) is 5.73 Å². The molecule has 2 nitrogen and oxygen atoms in total. The number of rotatable bonds is 2. The van der Waals surface area contributed by atoms with Crippen LogP contribution in [0.4, 0.5) is 0 Å². The van der Waals surface area contributed by atoms with Gasteiger partial charge in [0.1, 0.15) is 5.75 Å². The second-order valence-corrected chi connectivity index (χ2v) is 4.85. The Labute approximate surface area is 91.1 Å². The number of nitrogens with two attached hydrogens (primary N) is 1. The smallest absolute Gasteiger partial charge is 0.119 e. The normalized spacial score (nSPS) is 20.0. The molecule has 1 aliphatic rings. The van der Waals surface area contributed by atoms with Gasteiger partial charge in [-0.1, -0.05) is 6.07 Å². The van der Waals surface area contributed by atoms with Crippen molar-refractivity contribution in [3.8, 4) is 5.75 Å². The molecule has 1 aromatic rings. The summed E-state index contributed by atoms with van der Waals surface area (Å²) in [6.07, 6.45) is 2.20. The van der Waals surface area contributed by atoms with Crippen molar-refractivity contribution in [1.29, 1.82) is 0 Å². The Hall–Kier alpha value is -1.02.